The standard InChI is InChI=1S/C18H20F4N2OS/c1-6-24-10(2)14(17(3,4)5)26-16(24)23-15(25)11-8-7-9-12(13(11)19)18(20,21)22/h7-9H,6H2,1-5H3. The maximum atomic E-state index is 14.2. The summed E-state index contributed by atoms with van der Waals surface area (Å²) in [5.74, 6) is -2.63. The number of alkyl halides is 3. The van der Waals surface area contributed by atoms with E-state index in [1.807, 2.05) is 34.6 Å². The summed E-state index contributed by atoms with van der Waals surface area (Å²) in [4.78, 5) is 17.6. The third-order valence-electron chi connectivity index (χ3n) is 3.89. The van der Waals surface area contributed by atoms with Gasteiger partial charge >= 0.3 is 6.18 Å². The fourth-order valence-corrected chi connectivity index (χ4v) is 3.95. The van der Waals surface area contributed by atoms with Gasteiger partial charge in [0.05, 0.1) is 11.1 Å². The van der Waals surface area contributed by atoms with E-state index >= 15 is 0 Å². The molecule has 142 valence electrons. The lowest BCUT2D eigenvalue weighted by Crippen LogP contribution is -2.18. The molecule has 0 aliphatic carbocycles. The maximum Gasteiger partial charge on any atom is 0.419 e. The average molecular weight is 388 g/mol. The van der Waals surface area contributed by atoms with Crippen molar-refractivity contribution in [1.29, 1.82) is 0 Å². The Kier molecular flexibility index (Phi) is 5.46. The number of hydrogen-bond acceptors (Lipinski definition) is 2. The first kappa shape index (κ1) is 20.4. The van der Waals surface area contributed by atoms with Gasteiger partial charge in [-0.2, -0.15) is 18.2 Å². The molecule has 0 unspecified atom stereocenters. The van der Waals surface area contributed by atoms with Crippen molar-refractivity contribution in [3.8, 4) is 0 Å². The van der Waals surface area contributed by atoms with E-state index in [1.165, 1.54) is 11.3 Å². The third-order valence-corrected chi connectivity index (χ3v) is 5.49. The van der Waals surface area contributed by atoms with Gasteiger partial charge in [0, 0.05) is 17.1 Å². The second-order valence-electron chi connectivity index (χ2n) is 6.88. The van der Waals surface area contributed by atoms with E-state index in [1.54, 1.807) is 4.57 Å². The van der Waals surface area contributed by atoms with Crippen molar-refractivity contribution in [3.05, 3.63) is 50.5 Å². The number of carbonyl (C=O) groups excluding carboxylic acids is 1. The number of halogens is 4. The summed E-state index contributed by atoms with van der Waals surface area (Å²) in [6, 6.07) is 2.62. The van der Waals surface area contributed by atoms with Crippen LogP contribution in [0.1, 0.15) is 54.2 Å². The fourth-order valence-electron chi connectivity index (χ4n) is 2.70. The van der Waals surface area contributed by atoms with Crippen molar-refractivity contribution in [2.45, 2.75) is 52.8 Å². The predicted molar refractivity (Wildman–Crippen MR) is 92.7 cm³/mol. The highest BCUT2D eigenvalue weighted by molar-refractivity contribution is 7.09. The average Bonchev–Trinajstić information content (AvgIpc) is 2.81. The predicted octanol–water partition coefficient (Wildman–Crippen LogP) is 5.07. The van der Waals surface area contributed by atoms with Crippen LogP contribution in [0.15, 0.2) is 23.2 Å². The number of benzene rings is 1. The number of thiazole rings is 1. The number of rotatable bonds is 2. The summed E-state index contributed by atoms with van der Waals surface area (Å²) in [6.45, 7) is 10.4. The van der Waals surface area contributed by atoms with Crippen LogP contribution in [0, 0.1) is 12.7 Å². The fraction of sp³-hybridized carbons (Fsp3) is 0.444. The number of carbonyl (C=O) groups is 1. The lowest BCUT2D eigenvalue weighted by atomic mass is 9.93. The summed E-state index contributed by atoms with van der Waals surface area (Å²) in [7, 11) is 0. The SMILES string of the molecule is CCn1c(C)c(C(C)(C)C)sc1=NC(=O)c1cccc(C(F)(F)F)c1F. The van der Waals surface area contributed by atoms with Crippen LogP contribution in [0.5, 0.6) is 0 Å². The van der Waals surface area contributed by atoms with Gasteiger partial charge in [0.1, 0.15) is 5.82 Å². The van der Waals surface area contributed by atoms with Gasteiger partial charge in [-0.05, 0) is 31.4 Å². The Bertz CT molecular complexity index is 901. The molecule has 1 amide bonds. The molecule has 2 rings (SSSR count). The van der Waals surface area contributed by atoms with Crippen molar-refractivity contribution in [2.75, 3.05) is 0 Å². The highest BCUT2D eigenvalue weighted by Crippen LogP contribution is 2.32. The van der Waals surface area contributed by atoms with Gasteiger partial charge in [-0.3, -0.25) is 4.79 Å². The van der Waals surface area contributed by atoms with Crippen LogP contribution in [0.3, 0.4) is 0 Å². The van der Waals surface area contributed by atoms with Crippen LogP contribution < -0.4 is 4.80 Å². The molecule has 0 spiro atoms. The molecule has 0 fully saturated rings. The Morgan fingerprint density at radius 1 is 1.23 bits per heavy atom. The van der Waals surface area contributed by atoms with E-state index < -0.39 is 29.0 Å². The molecule has 0 saturated carbocycles. The molecule has 26 heavy (non-hydrogen) atoms. The van der Waals surface area contributed by atoms with Crippen LogP contribution in [-0.2, 0) is 18.1 Å². The molecule has 0 aliphatic heterocycles. The Balaban J connectivity index is 2.61. The molecule has 3 nitrogen and oxygen atoms in total. The Hall–Kier alpha value is -1.96. The van der Waals surface area contributed by atoms with Gasteiger partial charge in [-0.15, -0.1) is 11.3 Å². The molecule has 0 radical (unpaired) electrons. The molecule has 1 aromatic heterocycles. The summed E-state index contributed by atoms with van der Waals surface area (Å²) in [6.07, 6.45) is -4.87. The van der Waals surface area contributed by atoms with E-state index in [0.29, 0.717) is 17.4 Å². The second-order valence-corrected chi connectivity index (χ2v) is 7.85. The van der Waals surface area contributed by atoms with Crippen LogP contribution in [-0.4, -0.2) is 10.5 Å². The summed E-state index contributed by atoms with van der Waals surface area (Å²) in [5, 5.41) is 0. The normalized spacial score (nSPS) is 13.3. The van der Waals surface area contributed by atoms with Gasteiger partial charge in [0.25, 0.3) is 5.91 Å². The first-order chi connectivity index (χ1) is 11.9. The van der Waals surface area contributed by atoms with Crippen LogP contribution in [0.4, 0.5) is 17.6 Å². The van der Waals surface area contributed by atoms with Gasteiger partial charge in [0.15, 0.2) is 4.80 Å². The number of aromatic nitrogens is 1. The van der Waals surface area contributed by atoms with Crippen molar-refractivity contribution in [3.63, 3.8) is 0 Å². The molecular weight excluding hydrogens is 368 g/mol. The van der Waals surface area contributed by atoms with Gasteiger partial charge in [-0.1, -0.05) is 26.8 Å². The zero-order chi connectivity index (χ0) is 19.9. The molecule has 0 bridgehead atoms. The number of amides is 1. The first-order valence-electron chi connectivity index (χ1n) is 8.03. The zero-order valence-corrected chi connectivity index (χ0v) is 16.0. The van der Waals surface area contributed by atoms with Gasteiger partial charge in [-0.25, -0.2) is 4.39 Å². The highest BCUT2D eigenvalue weighted by Gasteiger charge is 2.35. The second kappa shape index (κ2) is 6.98. The minimum atomic E-state index is -4.87. The monoisotopic (exact) mass is 388 g/mol. The number of nitrogens with zero attached hydrogens (tertiary/aromatic N) is 2. The molecule has 1 aromatic carbocycles. The minimum absolute atomic E-state index is 0.177. The van der Waals surface area contributed by atoms with E-state index in [9.17, 15) is 22.4 Å². The zero-order valence-electron chi connectivity index (χ0n) is 15.2. The maximum absolute atomic E-state index is 14.2. The Labute approximate surface area is 153 Å². The molecular formula is C18H20F4N2OS. The Morgan fingerprint density at radius 3 is 2.35 bits per heavy atom. The highest BCUT2D eigenvalue weighted by atomic mass is 32.1. The molecule has 2 aromatic rings. The van der Waals surface area contributed by atoms with Gasteiger partial charge < -0.3 is 4.57 Å². The third kappa shape index (κ3) is 3.90. The van der Waals surface area contributed by atoms with E-state index in [4.69, 9.17) is 0 Å². The molecule has 0 saturated heterocycles. The largest absolute Gasteiger partial charge is 0.419 e. The first-order valence-corrected chi connectivity index (χ1v) is 8.85. The van der Waals surface area contributed by atoms with E-state index in [-0.39, 0.29) is 5.41 Å². The molecule has 0 N–H and O–H groups in total. The summed E-state index contributed by atoms with van der Waals surface area (Å²) in [5.41, 5.74) is -1.41. The molecule has 0 aliphatic rings. The van der Waals surface area contributed by atoms with Crippen LogP contribution >= 0.6 is 11.3 Å². The van der Waals surface area contributed by atoms with Crippen LogP contribution in [0.2, 0.25) is 0 Å². The summed E-state index contributed by atoms with van der Waals surface area (Å²) >= 11 is 1.29. The van der Waals surface area contributed by atoms with E-state index in [2.05, 4.69) is 4.99 Å². The van der Waals surface area contributed by atoms with Crippen molar-refractivity contribution < 1.29 is 22.4 Å². The Morgan fingerprint density at radius 2 is 1.85 bits per heavy atom. The van der Waals surface area contributed by atoms with Gasteiger partial charge in [0.2, 0.25) is 0 Å². The van der Waals surface area contributed by atoms with Crippen molar-refractivity contribution >= 4 is 17.2 Å². The summed E-state index contributed by atoms with van der Waals surface area (Å²) < 4.78 is 54.5. The van der Waals surface area contributed by atoms with Crippen LogP contribution in [0.25, 0.3) is 0 Å². The molecule has 1 heterocycles. The molecule has 8 heteroatoms. The topological polar surface area (TPSA) is 34.4 Å². The quantitative estimate of drug-likeness (QED) is 0.661. The number of hydrogen-bond donors (Lipinski definition) is 0. The molecule has 0 atom stereocenters. The lowest BCUT2D eigenvalue weighted by Gasteiger charge is -2.17. The minimum Gasteiger partial charge on any atom is -0.321 e. The smallest absolute Gasteiger partial charge is 0.321 e. The van der Waals surface area contributed by atoms with Crippen molar-refractivity contribution in [1.82, 2.24) is 4.57 Å². The van der Waals surface area contributed by atoms with E-state index in [0.717, 1.165) is 22.7 Å². The lowest BCUT2D eigenvalue weighted by molar-refractivity contribution is -0.140. The van der Waals surface area contributed by atoms with Crippen molar-refractivity contribution in [2.24, 2.45) is 4.99 Å².